The second kappa shape index (κ2) is 5.31. The molecule has 0 saturated carbocycles. The predicted molar refractivity (Wildman–Crippen MR) is 68.7 cm³/mol. The number of nitriles is 1. The summed E-state index contributed by atoms with van der Waals surface area (Å²) in [6, 6.07) is 7.31. The van der Waals surface area contributed by atoms with E-state index < -0.39 is 0 Å². The van der Waals surface area contributed by atoms with E-state index in [-0.39, 0.29) is 17.2 Å². The number of nitrogens with zero attached hydrogens (tertiary/aromatic N) is 5. The van der Waals surface area contributed by atoms with Gasteiger partial charge < -0.3 is 4.90 Å². The van der Waals surface area contributed by atoms with Gasteiger partial charge in [0, 0.05) is 19.8 Å². The lowest BCUT2D eigenvalue weighted by molar-refractivity contribution is 0.0802. The summed E-state index contributed by atoms with van der Waals surface area (Å²) in [6.45, 7) is 2.44. The molecule has 6 nitrogen and oxygen atoms in total. The Balaban J connectivity index is 2.48. The summed E-state index contributed by atoms with van der Waals surface area (Å²) in [5, 5.41) is 13.3. The van der Waals surface area contributed by atoms with E-state index in [1.807, 2.05) is 13.0 Å². The van der Waals surface area contributed by atoms with E-state index in [4.69, 9.17) is 0 Å². The van der Waals surface area contributed by atoms with Crippen molar-refractivity contribution >= 4 is 5.91 Å². The van der Waals surface area contributed by atoms with Gasteiger partial charge in [-0.25, -0.2) is 9.67 Å². The highest BCUT2D eigenvalue weighted by atomic mass is 16.2. The van der Waals surface area contributed by atoms with E-state index in [0.717, 1.165) is 0 Å². The number of hydrogen-bond donors (Lipinski definition) is 0. The molecule has 2 aromatic rings. The van der Waals surface area contributed by atoms with Gasteiger partial charge in [0.2, 0.25) is 0 Å². The lowest BCUT2D eigenvalue weighted by Gasteiger charge is -2.13. The molecule has 0 atom stereocenters. The maximum Gasteiger partial charge on any atom is 0.258 e. The van der Waals surface area contributed by atoms with Gasteiger partial charge in [-0.1, -0.05) is 6.07 Å². The summed E-state index contributed by atoms with van der Waals surface area (Å²) in [7, 11) is 1.68. The topological polar surface area (TPSA) is 74.8 Å². The maximum absolute atomic E-state index is 12.1. The van der Waals surface area contributed by atoms with Crippen molar-refractivity contribution in [2.75, 3.05) is 13.6 Å². The van der Waals surface area contributed by atoms with E-state index in [1.165, 1.54) is 15.8 Å². The molecule has 0 unspecified atom stereocenters. The fourth-order valence-electron chi connectivity index (χ4n) is 1.61. The van der Waals surface area contributed by atoms with E-state index in [0.29, 0.717) is 12.4 Å². The van der Waals surface area contributed by atoms with Gasteiger partial charge in [-0.15, -0.1) is 0 Å². The Morgan fingerprint density at radius 2 is 2.32 bits per heavy atom. The number of pyridine rings is 1. The Hall–Kier alpha value is -2.68. The summed E-state index contributed by atoms with van der Waals surface area (Å²) in [5.41, 5.74) is 0.488. The molecule has 0 aromatic carbocycles. The molecule has 0 aliphatic carbocycles. The van der Waals surface area contributed by atoms with Crippen LogP contribution in [0, 0.1) is 11.3 Å². The average Bonchev–Trinajstić information content (AvgIpc) is 2.90. The van der Waals surface area contributed by atoms with Crippen LogP contribution in [0.25, 0.3) is 5.82 Å². The van der Waals surface area contributed by atoms with Crippen LogP contribution in [0.1, 0.15) is 23.0 Å². The van der Waals surface area contributed by atoms with E-state index in [2.05, 4.69) is 10.1 Å². The van der Waals surface area contributed by atoms with Gasteiger partial charge in [-0.3, -0.25) is 4.79 Å². The van der Waals surface area contributed by atoms with Crippen molar-refractivity contribution in [3.05, 3.63) is 41.9 Å². The fourth-order valence-corrected chi connectivity index (χ4v) is 1.61. The van der Waals surface area contributed by atoms with Crippen molar-refractivity contribution < 1.29 is 4.79 Å². The largest absolute Gasteiger partial charge is 0.342 e. The Bertz CT molecular complexity index is 626. The van der Waals surface area contributed by atoms with E-state index >= 15 is 0 Å². The Labute approximate surface area is 110 Å². The van der Waals surface area contributed by atoms with Crippen molar-refractivity contribution in [1.82, 2.24) is 19.7 Å². The number of carbonyl (C=O) groups excluding carboxylic acids is 1. The minimum absolute atomic E-state index is 0.198. The summed E-state index contributed by atoms with van der Waals surface area (Å²) in [5.74, 6) is 0.290. The smallest absolute Gasteiger partial charge is 0.258 e. The first kappa shape index (κ1) is 12.8. The first-order valence-electron chi connectivity index (χ1n) is 5.84. The Morgan fingerprint density at radius 3 is 2.89 bits per heavy atom. The maximum atomic E-state index is 12.1. The molecule has 96 valence electrons. The minimum Gasteiger partial charge on any atom is -0.342 e. The van der Waals surface area contributed by atoms with Crippen LogP contribution in [0.5, 0.6) is 0 Å². The molecule has 6 heteroatoms. The van der Waals surface area contributed by atoms with Crippen LogP contribution in [0.2, 0.25) is 0 Å². The third kappa shape index (κ3) is 2.31. The second-order valence-electron chi connectivity index (χ2n) is 3.94. The first-order chi connectivity index (χ1) is 9.19. The van der Waals surface area contributed by atoms with Crippen molar-refractivity contribution in [3.63, 3.8) is 0 Å². The van der Waals surface area contributed by atoms with Crippen molar-refractivity contribution in [2.24, 2.45) is 0 Å². The molecule has 0 N–H and O–H groups in total. The van der Waals surface area contributed by atoms with Gasteiger partial charge in [-0.2, -0.15) is 10.4 Å². The average molecular weight is 255 g/mol. The van der Waals surface area contributed by atoms with Gasteiger partial charge in [0.1, 0.15) is 6.07 Å². The Morgan fingerprint density at radius 1 is 1.53 bits per heavy atom. The monoisotopic (exact) mass is 255 g/mol. The van der Waals surface area contributed by atoms with Gasteiger partial charge >= 0.3 is 0 Å². The van der Waals surface area contributed by atoms with Crippen molar-refractivity contribution in [1.29, 1.82) is 5.26 Å². The van der Waals surface area contributed by atoms with E-state index in [9.17, 15) is 10.1 Å². The van der Waals surface area contributed by atoms with Gasteiger partial charge in [-0.05, 0) is 19.1 Å². The van der Waals surface area contributed by atoms with Gasteiger partial charge in [0.25, 0.3) is 5.91 Å². The molecule has 0 aliphatic rings. The SMILES string of the molecule is CCN(C)C(=O)c1cnn(-c2ccccn2)c1C#N. The van der Waals surface area contributed by atoms with Gasteiger partial charge in [0.15, 0.2) is 11.5 Å². The highest BCUT2D eigenvalue weighted by molar-refractivity contribution is 5.95. The first-order valence-corrected chi connectivity index (χ1v) is 5.84. The van der Waals surface area contributed by atoms with Crippen LogP contribution in [-0.2, 0) is 0 Å². The lowest BCUT2D eigenvalue weighted by Crippen LogP contribution is -2.26. The number of carbonyl (C=O) groups is 1. The van der Waals surface area contributed by atoms with E-state index in [1.54, 1.807) is 31.4 Å². The molecule has 2 heterocycles. The molecule has 0 radical (unpaired) electrons. The zero-order valence-corrected chi connectivity index (χ0v) is 10.7. The quantitative estimate of drug-likeness (QED) is 0.826. The number of rotatable bonds is 3. The molecule has 2 aromatic heterocycles. The molecule has 19 heavy (non-hydrogen) atoms. The zero-order valence-electron chi connectivity index (χ0n) is 10.7. The molecule has 0 bridgehead atoms. The highest BCUT2D eigenvalue weighted by Crippen LogP contribution is 2.14. The zero-order chi connectivity index (χ0) is 13.8. The molecule has 0 saturated heterocycles. The summed E-state index contributed by atoms with van der Waals surface area (Å²) in [6.07, 6.45) is 3.01. The van der Waals surface area contributed by atoms with Crippen molar-refractivity contribution in [2.45, 2.75) is 6.92 Å². The number of hydrogen-bond acceptors (Lipinski definition) is 4. The van der Waals surface area contributed by atoms with Crippen LogP contribution in [0.3, 0.4) is 0 Å². The standard InChI is InChI=1S/C13H13N5O/c1-3-17(2)13(19)10-9-16-18(11(10)8-14)12-6-4-5-7-15-12/h4-7,9H,3H2,1-2H3. The van der Waals surface area contributed by atoms with Crippen LogP contribution < -0.4 is 0 Å². The highest BCUT2D eigenvalue weighted by Gasteiger charge is 2.20. The summed E-state index contributed by atoms with van der Waals surface area (Å²) in [4.78, 5) is 17.7. The third-order valence-corrected chi connectivity index (χ3v) is 2.79. The van der Waals surface area contributed by atoms with Crippen molar-refractivity contribution in [3.8, 4) is 11.9 Å². The Kier molecular flexibility index (Phi) is 3.57. The van der Waals surface area contributed by atoms with Crippen LogP contribution in [-0.4, -0.2) is 39.2 Å². The molecule has 0 spiro atoms. The van der Waals surface area contributed by atoms with Gasteiger partial charge in [0.05, 0.1) is 11.8 Å². The predicted octanol–water partition coefficient (Wildman–Crippen LogP) is 1.23. The minimum atomic E-state index is -0.221. The fraction of sp³-hybridized carbons (Fsp3) is 0.231. The van der Waals surface area contributed by atoms with Crippen LogP contribution in [0.15, 0.2) is 30.6 Å². The number of amides is 1. The summed E-state index contributed by atoms with van der Waals surface area (Å²) < 4.78 is 1.37. The number of aromatic nitrogens is 3. The third-order valence-electron chi connectivity index (χ3n) is 2.79. The normalized spacial score (nSPS) is 9.95. The molecule has 0 aliphatic heterocycles. The van der Waals surface area contributed by atoms with Crippen LogP contribution in [0.4, 0.5) is 0 Å². The molecule has 0 fully saturated rings. The molecule has 2 rings (SSSR count). The second-order valence-corrected chi connectivity index (χ2v) is 3.94. The summed E-state index contributed by atoms with van der Waals surface area (Å²) >= 11 is 0. The molecular formula is C13H13N5O. The molecule has 1 amide bonds. The molecular weight excluding hydrogens is 242 g/mol. The van der Waals surface area contributed by atoms with Crippen LogP contribution >= 0.6 is 0 Å². The lowest BCUT2D eigenvalue weighted by atomic mass is 10.2.